The van der Waals surface area contributed by atoms with Crippen LogP contribution < -0.4 is 10.0 Å². The molecule has 0 saturated heterocycles. The van der Waals surface area contributed by atoms with Crippen LogP contribution in [0.5, 0.6) is 0 Å². The Morgan fingerprint density at radius 3 is 2.00 bits per heavy atom. The smallest absolute Gasteiger partial charge is 0.261 e. The second-order valence-electron chi connectivity index (χ2n) is 7.30. The summed E-state index contributed by atoms with van der Waals surface area (Å²) in [7, 11) is -3.84. The zero-order chi connectivity index (χ0) is 22.4. The van der Waals surface area contributed by atoms with Gasteiger partial charge in [0.15, 0.2) is 5.78 Å². The topological polar surface area (TPSA) is 92.3 Å². The fourth-order valence-electron chi connectivity index (χ4n) is 2.96. The minimum Gasteiger partial charge on any atom is -0.326 e. The standard InChI is InChI=1S/C24H24N2O4S/c1-17-7-11-19(12-8-17)25-24(28)16-15-23(27)21-5-3-4-6-22(21)26-31(29,30)20-13-9-18(2)10-14-20/h3-14,26H,15-16H2,1-2H3,(H,25,28). The van der Waals surface area contributed by atoms with Crippen LogP contribution in [0, 0.1) is 13.8 Å². The minimum atomic E-state index is -3.84. The van der Waals surface area contributed by atoms with E-state index in [1.807, 2.05) is 26.0 Å². The van der Waals surface area contributed by atoms with Crippen LogP contribution in [0.1, 0.15) is 34.3 Å². The molecule has 0 aliphatic heterocycles. The highest BCUT2D eigenvalue weighted by Crippen LogP contribution is 2.22. The van der Waals surface area contributed by atoms with Gasteiger partial charge in [0.25, 0.3) is 10.0 Å². The number of ketones is 1. The van der Waals surface area contributed by atoms with Crippen molar-refractivity contribution in [1.82, 2.24) is 0 Å². The molecule has 3 rings (SSSR count). The van der Waals surface area contributed by atoms with Gasteiger partial charge in [-0.15, -0.1) is 0 Å². The number of hydrogen-bond donors (Lipinski definition) is 2. The van der Waals surface area contributed by atoms with Crippen molar-refractivity contribution >= 4 is 33.1 Å². The van der Waals surface area contributed by atoms with Gasteiger partial charge in [0.1, 0.15) is 0 Å². The van der Waals surface area contributed by atoms with E-state index in [4.69, 9.17) is 0 Å². The lowest BCUT2D eigenvalue weighted by Crippen LogP contribution is -2.17. The molecule has 0 fully saturated rings. The van der Waals surface area contributed by atoms with Crippen LogP contribution in [0.4, 0.5) is 11.4 Å². The van der Waals surface area contributed by atoms with E-state index in [9.17, 15) is 18.0 Å². The normalized spacial score (nSPS) is 11.0. The molecule has 160 valence electrons. The number of benzene rings is 3. The Bertz CT molecular complexity index is 1190. The highest BCUT2D eigenvalue weighted by molar-refractivity contribution is 7.92. The SMILES string of the molecule is Cc1ccc(NC(=O)CCC(=O)c2ccccc2NS(=O)(=O)c2ccc(C)cc2)cc1. The lowest BCUT2D eigenvalue weighted by atomic mass is 10.0. The summed E-state index contributed by atoms with van der Waals surface area (Å²) in [5.41, 5.74) is 3.10. The van der Waals surface area contributed by atoms with Crippen molar-refractivity contribution in [3.05, 3.63) is 89.5 Å². The Labute approximate surface area is 182 Å². The Morgan fingerprint density at radius 1 is 0.774 bits per heavy atom. The molecule has 0 spiro atoms. The molecule has 0 aliphatic carbocycles. The third-order valence-corrected chi connectivity index (χ3v) is 6.10. The number of sulfonamides is 1. The van der Waals surface area contributed by atoms with E-state index in [1.165, 1.54) is 18.2 Å². The number of anilines is 2. The largest absolute Gasteiger partial charge is 0.326 e. The van der Waals surface area contributed by atoms with E-state index < -0.39 is 10.0 Å². The highest BCUT2D eigenvalue weighted by atomic mass is 32.2. The van der Waals surface area contributed by atoms with Gasteiger partial charge in [-0.2, -0.15) is 0 Å². The number of hydrogen-bond acceptors (Lipinski definition) is 4. The van der Waals surface area contributed by atoms with Gasteiger partial charge in [-0.05, 0) is 50.2 Å². The number of amides is 1. The molecule has 1 amide bonds. The van der Waals surface area contributed by atoms with Gasteiger partial charge in [0.05, 0.1) is 10.6 Å². The van der Waals surface area contributed by atoms with Crippen LogP contribution in [-0.2, 0) is 14.8 Å². The number of aryl methyl sites for hydroxylation is 2. The molecule has 0 saturated carbocycles. The molecule has 0 atom stereocenters. The second-order valence-corrected chi connectivity index (χ2v) is 8.98. The first-order chi connectivity index (χ1) is 14.7. The lowest BCUT2D eigenvalue weighted by Gasteiger charge is -2.12. The highest BCUT2D eigenvalue weighted by Gasteiger charge is 2.19. The zero-order valence-corrected chi connectivity index (χ0v) is 18.2. The van der Waals surface area contributed by atoms with Gasteiger partial charge < -0.3 is 5.32 Å². The third kappa shape index (κ3) is 6.02. The first-order valence-electron chi connectivity index (χ1n) is 9.83. The maximum absolute atomic E-state index is 12.7. The lowest BCUT2D eigenvalue weighted by molar-refractivity contribution is -0.116. The number of Topliss-reactive ketones (excluding diaryl/α,β-unsaturated/α-hetero) is 1. The van der Waals surface area contributed by atoms with E-state index >= 15 is 0 Å². The van der Waals surface area contributed by atoms with Crippen molar-refractivity contribution < 1.29 is 18.0 Å². The molecule has 6 nitrogen and oxygen atoms in total. The summed E-state index contributed by atoms with van der Waals surface area (Å²) in [5.74, 6) is -0.601. The average molecular weight is 437 g/mol. The quantitative estimate of drug-likeness (QED) is 0.501. The second kappa shape index (κ2) is 9.57. The number of carbonyl (C=O) groups is 2. The van der Waals surface area contributed by atoms with Gasteiger partial charge in [0, 0.05) is 24.1 Å². The molecule has 0 radical (unpaired) electrons. The summed E-state index contributed by atoms with van der Waals surface area (Å²) in [6.45, 7) is 3.82. The molecule has 0 aliphatic rings. The fourth-order valence-corrected chi connectivity index (χ4v) is 4.04. The van der Waals surface area contributed by atoms with Crippen LogP contribution in [0.15, 0.2) is 77.7 Å². The molecule has 0 aromatic heterocycles. The first kappa shape index (κ1) is 22.2. The summed E-state index contributed by atoms with van der Waals surface area (Å²) < 4.78 is 27.9. The van der Waals surface area contributed by atoms with Crippen molar-refractivity contribution in [3.63, 3.8) is 0 Å². The molecule has 0 heterocycles. The Morgan fingerprint density at radius 2 is 1.35 bits per heavy atom. The van der Waals surface area contributed by atoms with Crippen molar-refractivity contribution in [3.8, 4) is 0 Å². The molecule has 3 aromatic carbocycles. The van der Waals surface area contributed by atoms with Gasteiger partial charge in [0.2, 0.25) is 5.91 Å². The van der Waals surface area contributed by atoms with Gasteiger partial charge in [-0.3, -0.25) is 14.3 Å². The number of carbonyl (C=O) groups excluding carboxylic acids is 2. The monoisotopic (exact) mass is 436 g/mol. The Balaban J connectivity index is 1.67. The van der Waals surface area contributed by atoms with Gasteiger partial charge in [-0.1, -0.05) is 47.5 Å². The molecule has 2 N–H and O–H groups in total. The number of para-hydroxylation sites is 1. The van der Waals surface area contributed by atoms with Crippen LogP contribution >= 0.6 is 0 Å². The van der Waals surface area contributed by atoms with E-state index in [0.717, 1.165) is 11.1 Å². The Kier molecular flexibility index (Phi) is 6.87. The number of nitrogens with one attached hydrogen (secondary N) is 2. The van der Waals surface area contributed by atoms with Crippen molar-refractivity contribution in [2.75, 3.05) is 10.0 Å². The van der Waals surface area contributed by atoms with Gasteiger partial charge in [-0.25, -0.2) is 8.42 Å². The van der Waals surface area contributed by atoms with Crippen LogP contribution in [-0.4, -0.2) is 20.1 Å². The van der Waals surface area contributed by atoms with E-state index in [2.05, 4.69) is 10.0 Å². The molecule has 0 bridgehead atoms. The summed E-state index contributed by atoms with van der Waals surface area (Å²) in [4.78, 5) is 25.0. The van der Waals surface area contributed by atoms with Crippen LogP contribution in [0.2, 0.25) is 0 Å². The molecule has 7 heteroatoms. The third-order valence-electron chi connectivity index (χ3n) is 4.72. The van der Waals surface area contributed by atoms with Crippen molar-refractivity contribution in [2.24, 2.45) is 0 Å². The predicted octanol–water partition coefficient (Wildman–Crippen LogP) is 4.71. The maximum atomic E-state index is 12.7. The summed E-state index contributed by atoms with van der Waals surface area (Å²) in [6.07, 6.45) is -0.0489. The molecule has 0 unspecified atom stereocenters. The van der Waals surface area contributed by atoms with Crippen LogP contribution in [0.3, 0.4) is 0 Å². The Hall–Kier alpha value is -3.45. The first-order valence-corrected chi connectivity index (χ1v) is 11.3. The van der Waals surface area contributed by atoms with Crippen molar-refractivity contribution in [2.45, 2.75) is 31.6 Å². The van der Waals surface area contributed by atoms with E-state index in [0.29, 0.717) is 5.69 Å². The number of rotatable bonds is 8. The zero-order valence-electron chi connectivity index (χ0n) is 17.4. The summed E-state index contributed by atoms with van der Waals surface area (Å²) in [6, 6.07) is 20.2. The molecule has 3 aromatic rings. The van der Waals surface area contributed by atoms with E-state index in [-0.39, 0.29) is 40.7 Å². The molecular formula is C24H24N2O4S. The summed E-state index contributed by atoms with van der Waals surface area (Å²) >= 11 is 0. The van der Waals surface area contributed by atoms with E-state index in [1.54, 1.807) is 42.5 Å². The average Bonchev–Trinajstić information content (AvgIpc) is 2.74. The fraction of sp³-hybridized carbons (Fsp3) is 0.167. The van der Waals surface area contributed by atoms with Gasteiger partial charge >= 0.3 is 0 Å². The molecular weight excluding hydrogens is 412 g/mol. The summed E-state index contributed by atoms with van der Waals surface area (Å²) in [5, 5.41) is 2.75. The van der Waals surface area contributed by atoms with Crippen molar-refractivity contribution in [1.29, 1.82) is 0 Å². The van der Waals surface area contributed by atoms with Crippen LogP contribution in [0.25, 0.3) is 0 Å². The maximum Gasteiger partial charge on any atom is 0.261 e. The molecule has 31 heavy (non-hydrogen) atoms. The predicted molar refractivity (Wildman–Crippen MR) is 122 cm³/mol. The minimum absolute atomic E-state index is 0.00818.